The van der Waals surface area contributed by atoms with Crippen LogP contribution in [0.3, 0.4) is 0 Å². The Morgan fingerprint density at radius 1 is 1.19 bits per heavy atom. The zero-order valence-corrected chi connectivity index (χ0v) is 12.9. The monoisotopic (exact) mass is 289 g/mol. The van der Waals surface area contributed by atoms with E-state index in [1.807, 2.05) is 36.7 Å². The lowest BCUT2D eigenvalue weighted by atomic mass is 10.3. The summed E-state index contributed by atoms with van der Waals surface area (Å²) in [6.45, 7) is 6.41. The maximum atomic E-state index is 5.73. The molecule has 0 fully saturated rings. The fourth-order valence-electron chi connectivity index (χ4n) is 1.94. The zero-order valence-electron chi connectivity index (χ0n) is 12.9. The van der Waals surface area contributed by atoms with E-state index in [0.29, 0.717) is 12.6 Å². The number of benzene rings is 1. The Bertz CT molecular complexity index is 535. The number of rotatable bonds is 8. The molecule has 0 aliphatic heterocycles. The molecule has 0 aliphatic carbocycles. The van der Waals surface area contributed by atoms with Gasteiger partial charge in [-0.15, -0.1) is 0 Å². The summed E-state index contributed by atoms with van der Waals surface area (Å²) in [6, 6.07) is 8.06. The fraction of sp³-hybridized carbons (Fsp3) is 0.438. The molecule has 0 atom stereocenters. The van der Waals surface area contributed by atoms with Crippen LogP contribution >= 0.6 is 0 Å². The molecule has 1 aromatic heterocycles. The van der Waals surface area contributed by atoms with E-state index in [1.54, 1.807) is 7.11 Å². The fourth-order valence-corrected chi connectivity index (χ4v) is 1.94. The topological polar surface area (TPSA) is 48.3 Å². The van der Waals surface area contributed by atoms with Crippen LogP contribution in [0.5, 0.6) is 11.5 Å². The zero-order chi connectivity index (χ0) is 15.1. The van der Waals surface area contributed by atoms with Gasteiger partial charge in [0, 0.05) is 18.4 Å². The normalized spacial score (nSPS) is 10.9. The van der Waals surface area contributed by atoms with Crippen LogP contribution in [0.15, 0.2) is 36.7 Å². The van der Waals surface area contributed by atoms with Crippen molar-refractivity contribution in [1.82, 2.24) is 14.9 Å². The van der Waals surface area contributed by atoms with Gasteiger partial charge < -0.3 is 19.4 Å². The molecule has 1 aromatic carbocycles. The van der Waals surface area contributed by atoms with E-state index in [1.165, 1.54) is 0 Å². The summed E-state index contributed by atoms with van der Waals surface area (Å²) in [7, 11) is 1.65. The molecule has 0 bridgehead atoms. The summed E-state index contributed by atoms with van der Waals surface area (Å²) in [4.78, 5) is 4.36. The summed E-state index contributed by atoms with van der Waals surface area (Å²) >= 11 is 0. The molecule has 5 nitrogen and oxygen atoms in total. The van der Waals surface area contributed by atoms with E-state index in [2.05, 4.69) is 28.7 Å². The van der Waals surface area contributed by atoms with Gasteiger partial charge >= 0.3 is 0 Å². The summed E-state index contributed by atoms with van der Waals surface area (Å²) < 4.78 is 13.0. The molecule has 0 saturated heterocycles. The summed E-state index contributed by atoms with van der Waals surface area (Å²) in [6.07, 6.45) is 3.81. The number of hydrogen-bond donors (Lipinski definition) is 1. The minimum atomic E-state index is 0.450. The van der Waals surface area contributed by atoms with Gasteiger partial charge in [0.25, 0.3) is 0 Å². The smallest absolute Gasteiger partial charge is 0.122 e. The highest BCUT2D eigenvalue weighted by Crippen LogP contribution is 2.16. The van der Waals surface area contributed by atoms with E-state index in [4.69, 9.17) is 9.47 Å². The van der Waals surface area contributed by atoms with Gasteiger partial charge in [0.2, 0.25) is 0 Å². The molecular formula is C16H23N3O2. The standard InChI is InChI=1S/C16H23N3O2/c1-13(2)18-12-16-17-8-9-19(16)10-11-21-15-6-4-14(20-3)5-7-15/h4-9,13,18H,10-12H2,1-3H3. The highest BCUT2D eigenvalue weighted by atomic mass is 16.5. The van der Waals surface area contributed by atoms with Crippen LogP contribution in [-0.2, 0) is 13.1 Å². The third kappa shape index (κ3) is 4.79. The molecule has 1 N–H and O–H groups in total. The van der Waals surface area contributed by atoms with Gasteiger partial charge in [-0.05, 0) is 24.3 Å². The molecule has 1 heterocycles. The van der Waals surface area contributed by atoms with Gasteiger partial charge in [0.15, 0.2) is 0 Å². The SMILES string of the molecule is COc1ccc(OCCn2ccnc2CNC(C)C)cc1. The van der Waals surface area contributed by atoms with Crippen LogP contribution < -0.4 is 14.8 Å². The Morgan fingerprint density at radius 2 is 1.90 bits per heavy atom. The molecular weight excluding hydrogens is 266 g/mol. The number of imidazole rings is 1. The molecule has 0 saturated carbocycles. The number of methoxy groups -OCH3 is 1. The Balaban J connectivity index is 1.81. The van der Waals surface area contributed by atoms with Gasteiger partial charge in [-0.1, -0.05) is 13.8 Å². The van der Waals surface area contributed by atoms with Crippen LogP contribution in [-0.4, -0.2) is 29.3 Å². The highest BCUT2D eigenvalue weighted by molar-refractivity contribution is 5.31. The Labute approximate surface area is 125 Å². The maximum Gasteiger partial charge on any atom is 0.122 e. The largest absolute Gasteiger partial charge is 0.497 e. The third-order valence-electron chi connectivity index (χ3n) is 3.13. The summed E-state index contributed by atoms with van der Waals surface area (Å²) in [5.74, 6) is 2.71. The molecule has 0 spiro atoms. The first-order valence-corrected chi connectivity index (χ1v) is 7.19. The lowest BCUT2D eigenvalue weighted by Crippen LogP contribution is -2.24. The molecule has 0 radical (unpaired) electrons. The van der Waals surface area contributed by atoms with Crippen molar-refractivity contribution in [1.29, 1.82) is 0 Å². The van der Waals surface area contributed by atoms with Crippen molar-refractivity contribution in [3.63, 3.8) is 0 Å². The van der Waals surface area contributed by atoms with Gasteiger partial charge in [-0.25, -0.2) is 4.98 Å². The van der Waals surface area contributed by atoms with E-state index in [0.717, 1.165) is 30.4 Å². The van der Waals surface area contributed by atoms with E-state index >= 15 is 0 Å². The van der Waals surface area contributed by atoms with Crippen molar-refractivity contribution in [3.8, 4) is 11.5 Å². The predicted octanol–water partition coefficient (Wildman–Crippen LogP) is 2.47. The number of hydrogen-bond acceptors (Lipinski definition) is 4. The first kappa shape index (κ1) is 15.4. The average Bonchev–Trinajstić information content (AvgIpc) is 2.93. The molecule has 0 aliphatic rings. The molecule has 2 rings (SSSR count). The van der Waals surface area contributed by atoms with Crippen LogP contribution in [0.2, 0.25) is 0 Å². The van der Waals surface area contributed by atoms with Gasteiger partial charge in [-0.2, -0.15) is 0 Å². The van der Waals surface area contributed by atoms with Crippen molar-refractivity contribution in [3.05, 3.63) is 42.5 Å². The molecule has 0 unspecified atom stereocenters. The van der Waals surface area contributed by atoms with Gasteiger partial charge in [-0.3, -0.25) is 0 Å². The minimum Gasteiger partial charge on any atom is -0.497 e. The van der Waals surface area contributed by atoms with Crippen molar-refractivity contribution in [2.24, 2.45) is 0 Å². The van der Waals surface area contributed by atoms with E-state index in [-0.39, 0.29) is 0 Å². The number of aromatic nitrogens is 2. The molecule has 5 heteroatoms. The molecule has 0 amide bonds. The number of nitrogens with one attached hydrogen (secondary N) is 1. The molecule has 21 heavy (non-hydrogen) atoms. The molecule has 2 aromatic rings. The van der Waals surface area contributed by atoms with Crippen molar-refractivity contribution in [2.45, 2.75) is 33.0 Å². The first-order valence-electron chi connectivity index (χ1n) is 7.19. The van der Waals surface area contributed by atoms with Crippen molar-refractivity contribution < 1.29 is 9.47 Å². The van der Waals surface area contributed by atoms with Crippen molar-refractivity contribution >= 4 is 0 Å². The van der Waals surface area contributed by atoms with Gasteiger partial charge in [0.1, 0.15) is 23.9 Å². The minimum absolute atomic E-state index is 0.450. The number of ether oxygens (including phenoxy) is 2. The Morgan fingerprint density at radius 3 is 2.57 bits per heavy atom. The van der Waals surface area contributed by atoms with Crippen LogP contribution in [0, 0.1) is 0 Å². The first-order chi connectivity index (χ1) is 10.2. The van der Waals surface area contributed by atoms with Crippen LogP contribution in [0.25, 0.3) is 0 Å². The maximum absolute atomic E-state index is 5.73. The highest BCUT2D eigenvalue weighted by Gasteiger charge is 2.03. The second-order valence-corrected chi connectivity index (χ2v) is 5.10. The Hall–Kier alpha value is -2.01. The quantitative estimate of drug-likeness (QED) is 0.811. The second-order valence-electron chi connectivity index (χ2n) is 5.10. The lowest BCUT2D eigenvalue weighted by molar-refractivity contribution is 0.295. The van der Waals surface area contributed by atoms with Crippen molar-refractivity contribution in [2.75, 3.05) is 13.7 Å². The Kier molecular flexibility index (Phi) is 5.63. The van der Waals surface area contributed by atoms with E-state index < -0.39 is 0 Å². The summed E-state index contributed by atoms with van der Waals surface area (Å²) in [5, 5.41) is 3.37. The van der Waals surface area contributed by atoms with E-state index in [9.17, 15) is 0 Å². The summed E-state index contributed by atoms with van der Waals surface area (Å²) in [5.41, 5.74) is 0. The average molecular weight is 289 g/mol. The predicted molar refractivity (Wildman–Crippen MR) is 82.7 cm³/mol. The third-order valence-corrected chi connectivity index (χ3v) is 3.13. The second kappa shape index (κ2) is 7.69. The number of nitrogens with zero attached hydrogens (tertiary/aromatic N) is 2. The van der Waals surface area contributed by atoms with Crippen LogP contribution in [0.1, 0.15) is 19.7 Å². The van der Waals surface area contributed by atoms with Gasteiger partial charge in [0.05, 0.1) is 20.2 Å². The molecule has 114 valence electrons. The van der Waals surface area contributed by atoms with Crippen LogP contribution in [0.4, 0.5) is 0 Å². The lowest BCUT2D eigenvalue weighted by Gasteiger charge is -2.12.